The standard InChI is InChI=1S/C17H14INO/c18-13-7-5-12(6-8-13)11-20-17-10-9-16(19)14-3-1-2-4-15(14)17/h1-10H,11,19H2. The van der Waals surface area contributed by atoms with E-state index in [1.807, 2.05) is 36.4 Å². The minimum Gasteiger partial charge on any atom is -0.488 e. The van der Waals surface area contributed by atoms with E-state index < -0.39 is 0 Å². The third kappa shape index (κ3) is 2.72. The normalized spacial score (nSPS) is 10.7. The Morgan fingerprint density at radius 1 is 0.850 bits per heavy atom. The van der Waals surface area contributed by atoms with Gasteiger partial charge in [-0.1, -0.05) is 36.4 Å². The maximum atomic E-state index is 5.99. The number of fused-ring (bicyclic) bond motifs is 1. The SMILES string of the molecule is Nc1ccc(OCc2ccc(I)cc2)c2ccccc12. The molecule has 2 nitrogen and oxygen atoms in total. The van der Waals surface area contributed by atoms with Gasteiger partial charge in [0, 0.05) is 20.0 Å². The fourth-order valence-electron chi connectivity index (χ4n) is 2.16. The van der Waals surface area contributed by atoms with Crippen LogP contribution in [0.4, 0.5) is 5.69 Å². The molecule has 0 heterocycles. The molecule has 0 radical (unpaired) electrons. The second-order valence-corrected chi connectivity index (χ2v) is 5.86. The second kappa shape index (κ2) is 5.71. The van der Waals surface area contributed by atoms with Gasteiger partial charge in [0.05, 0.1) is 0 Å². The molecule has 0 fully saturated rings. The maximum Gasteiger partial charge on any atom is 0.127 e. The Morgan fingerprint density at radius 2 is 1.55 bits per heavy atom. The van der Waals surface area contributed by atoms with Crippen molar-refractivity contribution in [2.75, 3.05) is 5.73 Å². The second-order valence-electron chi connectivity index (χ2n) is 4.61. The molecule has 3 rings (SSSR count). The van der Waals surface area contributed by atoms with Crippen LogP contribution in [0.25, 0.3) is 10.8 Å². The van der Waals surface area contributed by atoms with Gasteiger partial charge in [-0.05, 0) is 52.4 Å². The average molecular weight is 375 g/mol. The van der Waals surface area contributed by atoms with Gasteiger partial charge in [0.15, 0.2) is 0 Å². The average Bonchev–Trinajstić information content (AvgIpc) is 2.49. The van der Waals surface area contributed by atoms with Crippen molar-refractivity contribution in [2.45, 2.75) is 6.61 Å². The Kier molecular flexibility index (Phi) is 3.78. The molecule has 20 heavy (non-hydrogen) atoms. The lowest BCUT2D eigenvalue weighted by atomic mass is 10.1. The summed E-state index contributed by atoms with van der Waals surface area (Å²) in [6, 6.07) is 20.2. The molecule has 0 atom stereocenters. The van der Waals surface area contributed by atoms with Crippen LogP contribution < -0.4 is 10.5 Å². The number of halogens is 1. The lowest BCUT2D eigenvalue weighted by Crippen LogP contribution is -1.97. The van der Waals surface area contributed by atoms with Crippen molar-refractivity contribution in [3.8, 4) is 5.75 Å². The van der Waals surface area contributed by atoms with Crippen molar-refractivity contribution in [2.24, 2.45) is 0 Å². The predicted octanol–water partition coefficient (Wildman–Crippen LogP) is 4.61. The molecular weight excluding hydrogens is 361 g/mol. The fraction of sp³-hybridized carbons (Fsp3) is 0.0588. The zero-order chi connectivity index (χ0) is 13.9. The first-order valence-electron chi connectivity index (χ1n) is 6.38. The van der Waals surface area contributed by atoms with E-state index >= 15 is 0 Å². The van der Waals surface area contributed by atoms with Crippen LogP contribution in [0.15, 0.2) is 60.7 Å². The van der Waals surface area contributed by atoms with Gasteiger partial charge < -0.3 is 10.5 Å². The molecule has 3 aromatic carbocycles. The van der Waals surface area contributed by atoms with E-state index in [2.05, 4.69) is 46.9 Å². The van der Waals surface area contributed by atoms with Crippen LogP contribution >= 0.6 is 22.6 Å². The van der Waals surface area contributed by atoms with Crippen molar-refractivity contribution in [3.63, 3.8) is 0 Å². The molecular formula is C17H14INO. The predicted molar refractivity (Wildman–Crippen MR) is 91.9 cm³/mol. The topological polar surface area (TPSA) is 35.2 Å². The lowest BCUT2D eigenvalue weighted by Gasteiger charge is -2.11. The highest BCUT2D eigenvalue weighted by Gasteiger charge is 2.04. The zero-order valence-corrected chi connectivity index (χ0v) is 13.0. The molecule has 100 valence electrons. The van der Waals surface area contributed by atoms with Crippen LogP contribution in [0, 0.1) is 3.57 Å². The van der Waals surface area contributed by atoms with Crippen LogP contribution in [0.3, 0.4) is 0 Å². The van der Waals surface area contributed by atoms with Crippen molar-refractivity contribution in [3.05, 3.63) is 69.8 Å². The van der Waals surface area contributed by atoms with E-state index in [1.54, 1.807) is 0 Å². The van der Waals surface area contributed by atoms with Crippen molar-refractivity contribution in [1.29, 1.82) is 0 Å². The molecule has 0 aliphatic rings. The maximum absolute atomic E-state index is 5.99. The Labute approximate surface area is 131 Å². The largest absolute Gasteiger partial charge is 0.488 e. The van der Waals surface area contributed by atoms with Gasteiger partial charge in [-0.2, -0.15) is 0 Å². The Balaban J connectivity index is 1.88. The summed E-state index contributed by atoms with van der Waals surface area (Å²) in [6.45, 7) is 0.560. The summed E-state index contributed by atoms with van der Waals surface area (Å²) in [4.78, 5) is 0. The van der Waals surface area contributed by atoms with Gasteiger partial charge >= 0.3 is 0 Å². The van der Waals surface area contributed by atoms with E-state index in [-0.39, 0.29) is 0 Å². The summed E-state index contributed by atoms with van der Waals surface area (Å²) in [6.07, 6.45) is 0. The number of benzene rings is 3. The van der Waals surface area contributed by atoms with Crippen molar-refractivity contribution in [1.82, 2.24) is 0 Å². The van der Waals surface area contributed by atoms with Crippen LogP contribution in [-0.2, 0) is 6.61 Å². The molecule has 0 aliphatic heterocycles. The number of ether oxygens (including phenoxy) is 1. The van der Waals surface area contributed by atoms with E-state index in [4.69, 9.17) is 10.5 Å². The molecule has 0 aliphatic carbocycles. The van der Waals surface area contributed by atoms with E-state index in [0.717, 1.165) is 27.8 Å². The number of hydrogen-bond acceptors (Lipinski definition) is 2. The van der Waals surface area contributed by atoms with E-state index in [0.29, 0.717) is 6.61 Å². The molecule has 0 amide bonds. The fourth-order valence-corrected chi connectivity index (χ4v) is 2.52. The summed E-state index contributed by atoms with van der Waals surface area (Å²) in [7, 11) is 0. The van der Waals surface area contributed by atoms with Gasteiger partial charge in [-0.3, -0.25) is 0 Å². The first-order chi connectivity index (χ1) is 9.74. The van der Waals surface area contributed by atoms with Gasteiger partial charge in [0.2, 0.25) is 0 Å². The Morgan fingerprint density at radius 3 is 2.30 bits per heavy atom. The molecule has 0 aromatic heterocycles. The van der Waals surface area contributed by atoms with Crippen LogP contribution in [-0.4, -0.2) is 0 Å². The van der Waals surface area contributed by atoms with Crippen molar-refractivity contribution < 1.29 is 4.74 Å². The molecule has 0 saturated heterocycles. The van der Waals surface area contributed by atoms with Gasteiger partial charge in [0.1, 0.15) is 12.4 Å². The highest BCUT2D eigenvalue weighted by Crippen LogP contribution is 2.30. The monoisotopic (exact) mass is 375 g/mol. The molecule has 0 saturated carbocycles. The number of anilines is 1. The van der Waals surface area contributed by atoms with Gasteiger partial charge in [-0.25, -0.2) is 0 Å². The lowest BCUT2D eigenvalue weighted by molar-refractivity contribution is 0.310. The Bertz CT molecular complexity index is 738. The molecule has 3 aromatic rings. The summed E-state index contributed by atoms with van der Waals surface area (Å²) in [5.74, 6) is 0.869. The third-order valence-corrected chi connectivity index (χ3v) is 3.94. The minimum absolute atomic E-state index is 0.560. The zero-order valence-electron chi connectivity index (χ0n) is 10.8. The molecule has 0 unspecified atom stereocenters. The molecule has 3 heteroatoms. The summed E-state index contributed by atoms with van der Waals surface area (Å²) < 4.78 is 7.17. The summed E-state index contributed by atoms with van der Waals surface area (Å²) in [5, 5.41) is 2.09. The third-order valence-electron chi connectivity index (χ3n) is 3.23. The van der Waals surface area contributed by atoms with E-state index in [9.17, 15) is 0 Å². The first kappa shape index (κ1) is 13.2. The Hall–Kier alpha value is -1.75. The number of hydrogen-bond donors (Lipinski definition) is 1. The van der Waals surface area contributed by atoms with Crippen LogP contribution in [0.1, 0.15) is 5.56 Å². The summed E-state index contributed by atoms with van der Waals surface area (Å²) in [5.41, 5.74) is 7.93. The van der Waals surface area contributed by atoms with Gasteiger partial charge in [-0.15, -0.1) is 0 Å². The van der Waals surface area contributed by atoms with Gasteiger partial charge in [0.25, 0.3) is 0 Å². The smallest absolute Gasteiger partial charge is 0.127 e. The van der Waals surface area contributed by atoms with Crippen LogP contribution in [0.5, 0.6) is 5.75 Å². The summed E-state index contributed by atoms with van der Waals surface area (Å²) >= 11 is 2.30. The van der Waals surface area contributed by atoms with E-state index in [1.165, 1.54) is 3.57 Å². The first-order valence-corrected chi connectivity index (χ1v) is 7.46. The van der Waals surface area contributed by atoms with Crippen molar-refractivity contribution >= 4 is 39.1 Å². The molecule has 0 bridgehead atoms. The quantitative estimate of drug-likeness (QED) is 0.536. The molecule has 2 N–H and O–H groups in total. The number of nitrogen functional groups attached to an aromatic ring is 1. The highest BCUT2D eigenvalue weighted by molar-refractivity contribution is 14.1. The number of rotatable bonds is 3. The van der Waals surface area contributed by atoms with Crippen LogP contribution in [0.2, 0.25) is 0 Å². The highest BCUT2D eigenvalue weighted by atomic mass is 127. The minimum atomic E-state index is 0.560. The molecule has 0 spiro atoms. The number of nitrogens with two attached hydrogens (primary N) is 1.